The molecule has 60 valence electrons. The van der Waals surface area contributed by atoms with Crippen molar-refractivity contribution in [1.29, 1.82) is 0 Å². The maximum absolute atomic E-state index is 9.21. The number of rotatable bonds is 5. The zero-order valence-electron chi connectivity index (χ0n) is 6.44. The smallest absolute Gasteiger partial charge is 0.0589 e. The lowest BCUT2D eigenvalue weighted by atomic mass is 10.1. The van der Waals surface area contributed by atoms with E-state index in [4.69, 9.17) is 11.6 Å². The first-order valence-corrected chi connectivity index (χ1v) is 4.06. The van der Waals surface area contributed by atoms with Crippen LogP contribution in [0, 0.1) is 0 Å². The Labute approximate surface area is 67.7 Å². The quantitative estimate of drug-likeness (QED) is 0.659. The molecule has 0 aromatic rings. The molecule has 1 N–H and O–H groups in total. The molecule has 2 heteroatoms. The van der Waals surface area contributed by atoms with Gasteiger partial charge in [0.05, 0.1) is 6.10 Å². The first-order chi connectivity index (χ1) is 4.66. The van der Waals surface area contributed by atoms with Crippen molar-refractivity contribution in [3.8, 4) is 0 Å². The lowest BCUT2D eigenvalue weighted by Crippen LogP contribution is -2.05. The van der Waals surface area contributed by atoms with Crippen molar-refractivity contribution in [1.82, 2.24) is 0 Å². The van der Waals surface area contributed by atoms with Gasteiger partial charge in [0.15, 0.2) is 0 Å². The molecular formula is C8H15ClO. The molecule has 0 radical (unpaired) electrons. The number of halogens is 1. The largest absolute Gasteiger partial charge is 0.393 e. The zero-order chi connectivity index (χ0) is 7.98. The molecule has 1 nitrogen and oxygen atoms in total. The van der Waals surface area contributed by atoms with Gasteiger partial charge >= 0.3 is 0 Å². The van der Waals surface area contributed by atoms with Crippen molar-refractivity contribution >= 4 is 11.6 Å². The van der Waals surface area contributed by atoms with Crippen LogP contribution in [-0.2, 0) is 0 Å². The normalized spacial score (nSPS) is 13.1. The first-order valence-electron chi connectivity index (χ1n) is 3.68. The predicted octanol–water partition coefficient (Wildman–Crippen LogP) is 2.68. The van der Waals surface area contributed by atoms with Crippen molar-refractivity contribution in [3.05, 3.63) is 11.6 Å². The fourth-order valence-electron chi connectivity index (χ4n) is 0.797. The fourth-order valence-corrected chi connectivity index (χ4v) is 0.976. The van der Waals surface area contributed by atoms with Gasteiger partial charge in [-0.2, -0.15) is 0 Å². The molecule has 1 atom stereocenters. The van der Waals surface area contributed by atoms with Gasteiger partial charge in [-0.05, 0) is 6.42 Å². The van der Waals surface area contributed by atoms with Gasteiger partial charge in [-0.3, -0.25) is 0 Å². The van der Waals surface area contributed by atoms with Crippen LogP contribution in [0.1, 0.15) is 32.6 Å². The molecule has 0 rings (SSSR count). The first kappa shape index (κ1) is 9.99. The van der Waals surface area contributed by atoms with Gasteiger partial charge in [0, 0.05) is 11.5 Å². The Kier molecular flexibility index (Phi) is 5.74. The van der Waals surface area contributed by atoms with E-state index < -0.39 is 0 Å². The molecule has 0 aromatic heterocycles. The molecule has 0 heterocycles. The van der Waals surface area contributed by atoms with Crippen molar-refractivity contribution in [2.24, 2.45) is 0 Å². The van der Waals surface area contributed by atoms with E-state index in [0.717, 1.165) is 19.3 Å². The summed E-state index contributed by atoms with van der Waals surface area (Å²) >= 11 is 5.50. The van der Waals surface area contributed by atoms with E-state index in [-0.39, 0.29) is 6.10 Å². The van der Waals surface area contributed by atoms with Crippen LogP contribution in [0.15, 0.2) is 11.6 Å². The maximum atomic E-state index is 9.21. The van der Waals surface area contributed by atoms with Crippen LogP contribution in [0.2, 0.25) is 0 Å². The van der Waals surface area contributed by atoms with Crippen LogP contribution in [0.5, 0.6) is 0 Å². The van der Waals surface area contributed by atoms with Crippen LogP contribution in [-0.4, -0.2) is 11.2 Å². The minimum Gasteiger partial charge on any atom is -0.393 e. The van der Waals surface area contributed by atoms with Gasteiger partial charge < -0.3 is 5.11 Å². The third-order valence-corrected chi connectivity index (χ3v) is 1.50. The summed E-state index contributed by atoms with van der Waals surface area (Å²) in [6.45, 7) is 5.61. The number of hydrogen-bond acceptors (Lipinski definition) is 1. The van der Waals surface area contributed by atoms with Gasteiger partial charge in [0.2, 0.25) is 0 Å². The minimum absolute atomic E-state index is 0.287. The Morgan fingerprint density at radius 2 is 2.30 bits per heavy atom. The molecule has 0 spiro atoms. The van der Waals surface area contributed by atoms with Gasteiger partial charge in [-0.1, -0.05) is 37.9 Å². The molecule has 0 saturated heterocycles. The molecule has 0 saturated carbocycles. The van der Waals surface area contributed by atoms with Crippen molar-refractivity contribution in [3.63, 3.8) is 0 Å². The van der Waals surface area contributed by atoms with E-state index >= 15 is 0 Å². The van der Waals surface area contributed by atoms with E-state index in [1.54, 1.807) is 0 Å². The van der Waals surface area contributed by atoms with Crippen LogP contribution >= 0.6 is 11.6 Å². The summed E-state index contributed by atoms with van der Waals surface area (Å²) in [4.78, 5) is 0. The van der Waals surface area contributed by atoms with Crippen LogP contribution in [0.25, 0.3) is 0 Å². The lowest BCUT2D eigenvalue weighted by molar-refractivity contribution is 0.163. The second-order valence-corrected chi connectivity index (χ2v) is 3.05. The summed E-state index contributed by atoms with van der Waals surface area (Å²) in [7, 11) is 0. The van der Waals surface area contributed by atoms with Crippen molar-refractivity contribution < 1.29 is 5.11 Å². The van der Waals surface area contributed by atoms with Crippen molar-refractivity contribution in [2.75, 3.05) is 0 Å². The molecular weight excluding hydrogens is 148 g/mol. The van der Waals surface area contributed by atoms with E-state index in [1.165, 1.54) is 0 Å². The lowest BCUT2D eigenvalue weighted by Gasteiger charge is -2.07. The zero-order valence-corrected chi connectivity index (χ0v) is 7.19. The van der Waals surface area contributed by atoms with Crippen LogP contribution in [0.4, 0.5) is 0 Å². The topological polar surface area (TPSA) is 20.2 Å². The molecule has 0 aliphatic carbocycles. The van der Waals surface area contributed by atoms with E-state index in [9.17, 15) is 5.11 Å². The Morgan fingerprint density at radius 1 is 1.70 bits per heavy atom. The van der Waals surface area contributed by atoms with E-state index in [1.807, 2.05) is 0 Å². The van der Waals surface area contributed by atoms with Crippen LogP contribution in [0.3, 0.4) is 0 Å². The standard InChI is InChI=1S/C8H15ClO/c1-3-4-5-8(10)6-7(2)9/h8,10H,2-6H2,1H3. The predicted molar refractivity (Wildman–Crippen MR) is 45.1 cm³/mol. The Balaban J connectivity index is 3.25. The Morgan fingerprint density at radius 3 is 2.70 bits per heavy atom. The fraction of sp³-hybridized carbons (Fsp3) is 0.750. The number of hydrogen-bond donors (Lipinski definition) is 1. The molecule has 0 aromatic carbocycles. The number of aliphatic hydroxyl groups is 1. The van der Waals surface area contributed by atoms with Gasteiger partial charge in [0.1, 0.15) is 0 Å². The summed E-state index contributed by atoms with van der Waals surface area (Å²) < 4.78 is 0. The Bertz CT molecular complexity index is 101. The summed E-state index contributed by atoms with van der Waals surface area (Å²) in [5.74, 6) is 0. The minimum atomic E-state index is -0.287. The summed E-state index contributed by atoms with van der Waals surface area (Å²) in [6, 6.07) is 0. The average molecular weight is 163 g/mol. The summed E-state index contributed by atoms with van der Waals surface area (Å²) in [5.41, 5.74) is 0. The summed E-state index contributed by atoms with van der Waals surface area (Å²) in [5, 5.41) is 9.75. The third kappa shape index (κ3) is 6.12. The van der Waals surface area contributed by atoms with E-state index in [2.05, 4.69) is 13.5 Å². The average Bonchev–Trinajstić information content (AvgIpc) is 1.82. The maximum Gasteiger partial charge on any atom is 0.0589 e. The summed E-state index contributed by atoms with van der Waals surface area (Å²) in [6.07, 6.45) is 3.26. The molecule has 0 aliphatic rings. The van der Waals surface area contributed by atoms with Gasteiger partial charge in [0.25, 0.3) is 0 Å². The van der Waals surface area contributed by atoms with Crippen molar-refractivity contribution in [2.45, 2.75) is 38.7 Å². The highest BCUT2D eigenvalue weighted by Gasteiger charge is 2.02. The second kappa shape index (κ2) is 5.75. The molecule has 0 amide bonds. The highest BCUT2D eigenvalue weighted by atomic mass is 35.5. The molecule has 1 unspecified atom stereocenters. The highest BCUT2D eigenvalue weighted by molar-refractivity contribution is 6.29. The number of unbranched alkanes of at least 4 members (excludes halogenated alkanes) is 1. The highest BCUT2D eigenvalue weighted by Crippen LogP contribution is 2.11. The molecule has 10 heavy (non-hydrogen) atoms. The van der Waals surface area contributed by atoms with Gasteiger partial charge in [-0.25, -0.2) is 0 Å². The molecule has 0 aliphatic heterocycles. The molecule has 0 fully saturated rings. The molecule has 0 bridgehead atoms. The Hall–Kier alpha value is -0.0100. The monoisotopic (exact) mass is 162 g/mol. The van der Waals surface area contributed by atoms with Crippen LogP contribution < -0.4 is 0 Å². The third-order valence-electron chi connectivity index (χ3n) is 1.35. The van der Waals surface area contributed by atoms with Gasteiger partial charge in [-0.15, -0.1) is 0 Å². The number of aliphatic hydroxyl groups excluding tert-OH is 1. The van der Waals surface area contributed by atoms with E-state index in [0.29, 0.717) is 11.5 Å². The second-order valence-electron chi connectivity index (χ2n) is 2.52. The SMILES string of the molecule is C=C(Cl)CC(O)CCCC.